The molecule has 1 aromatic heterocycles. The molecular weight excluding hydrogens is 333 g/mol. The third-order valence-electron chi connectivity index (χ3n) is 3.73. The molecule has 2 aromatic rings. The Kier molecular flexibility index (Phi) is 4.51. The molecule has 1 aliphatic heterocycles. The standard InChI is InChI=1S/C16H17BrFN3/c17-14-9-13(10-19-11-14)12-20-5-7-21(8-6-20)16-3-1-15(18)2-4-16/h1-4,9-11H,5-8,12H2. The highest BCUT2D eigenvalue weighted by Gasteiger charge is 2.17. The fraction of sp³-hybridized carbons (Fsp3) is 0.312. The van der Waals surface area contributed by atoms with Gasteiger partial charge in [0.1, 0.15) is 5.82 Å². The van der Waals surface area contributed by atoms with Crippen LogP contribution in [0.1, 0.15) is 5.56 Å². The molecule has 0 aliphatic carbocycles. The van der Waals surface area contributed by atoms with Crippen molar-refractivity contribution in [2.45, 2.75) is 6.54 Å². The van der Waals surface area contributed by atoms with Crippen molar-refractivity contribution in [3.63, 3.8) is 0 Å². The average Bonchev–Trinajstić information content (AvgIpc) is 2.49. The zero-order valence-electron chi connectivity index (χ0n) is 11.7. The van der Waals surface area contributed by atoms with Crippen LogP contribution in [-0.2, 0) is 6.54 Å². The van der Waals surface area contributed by atoms with E-state index in [1.165, 1.54) is 17.7 Å². The van der Waals surface area contributed by atoms with Gasteiger partial charge in [0, 0.05) is 55.3 Å². The Morgan fingerprint density at radius 2 is 1.76 bits per heavy atom. The minimum atomic E-state index is -0.181. The lowest BCUT2D eigenvalue weighted by molar-refractivity contribution is 0.249. The first-order valence-electron chi connectivity index (χ1n) is 7.03. The summed E-state index contributed by atoms with van der Waals surface area (Å²) in [6.07, 6.45) is 3.72. The Labute approximate surface area is 132 Å². The van der Waals surface area contributed by atoms with E-state index < -0.39 is 0 Å². The normalized spacial score (nSPS) is 16.2. The Morgan fingerprint density at radius 3 is 2.43 bits per heavy atom. The summed E-state index contributed by atoms with van der Waals surface area (Å²) in [6.45, 7) is 4.86. The molecule has 3 rings (SSSR count). The summed E-state index contributed by atoms with van der Waals surface area (Å²) in [7, 11) is 0. The maximum atomic E-state index is 13.0. The molecule has 0 N–H and O–H groups in total. The number of hydrogen-bond acceptors (Lipinski definition) is 3. The number of halogens is 2. The van der Waals surface area contributed by atoms with E-state index >= 15 is 0 Å². The quantitative estimate of drug-likeness (QED) is 0.847. The summed E-state index contributed by atoms with van der Waals surface area (Å²) in [5.41, 5.74) is 2.32. The lowest BCUT2D eigenvalue weighted by Crippen LogP contribution is -2.45. The summed E-state index contributed by atoms with van der Waals surface area (Å²) in [5.74, 6) is -0.181. The summed E-state index contributed by atoms with van der Waals surface area (Å²) >= 11 is 3.45. The first-order valence-corrected chi connectivity index (χ1v) is 7.82. The van der Waals surface area contributed by atoms with Crippen LogP contribution >= 0.6 is 15.9 Å². The number of pyridine rings is 1. The number of anilines is 1. The van der Waals surface area contributed by atoms with Crippen molar-refractivity contribution in [3.8, 4) is 0 Å². The van der Waals surface area contributed by atoms with Crippen molar-refractivity contribution < 1.29 is 4.39 Å². The smallest absolute Gasteiger partial charge is 0.123 e. The number of rotatable bonds is 3. The third kappa shape index (κ3) is 3.80. The number of aromatic nitrogens is 1. The predicted octanol–water partition coefficient (Wildman–Crippen LogP) is 3.31. The molecule has 0 bridgehead atoms. The van der Waals surface area contributed by atoms with E-state index in [2.05, 4.69) is 36.8 Å². The highest BCUT2D eigenvalue weighted by atomic mass is 79.9. The van der Waals surface area contributed by atoms with Crippen molar-refractivity contribution in [2.24, 2.45) is 0 Å². The van der Waals surface area contributed by atoms with Gasteiger partial charge in [0.25, 0.3) is 0 Å². The molecule has 1 saturated heterocycles. The molecular formula is C16H17BrFN3. The van der Waals surface area contributed by atoms with Crippen molar-refractivity contribution >= 4 is 21.6 Å². The maximum absolute atomic E-state index is 13.0. The lowest BCUT2D eigenvalue weighted by Gasteiger charge is -2.36. The van der Waals surface area contributed by atoms with Gasteiger partial charge in [-0.1, -0.05) is 0 Å². The number of benzene rings is 1. The Balaban J connectivity index is 1.56. The van der Waals surface area contributed by atoms with Crippen LogP contribution in [0.25, 0.3) is 0 Å². The summed E-state index contributed by atoms with van der Waals surface area (Å²) in [5, 5.41) is 0. The lowest BCUT2D eigenvalue weighted by atomic mass is 10.2. The van der Waals surface area contributed by atoms with E-state index in [1.54, 1.807) is 6.20 Å². The summed E-state index contributed by atoms with van der Waals surface area (Å²) in [4.78, 5) is 8.92. The molecule has 0 spiro atoms. The molecule has 0 amide bonds. The van der Waals surface area contributed by atoms with E-state index in [0.717, 1.165) is 42.9 Å². The minimum absolute atomic E-state index is 0.181. The molecule has 21 heavy (non-hydrogen) atoms. The van der Waals surface area contributed by atoms with Gasteiger partial charge < -0.3 is 4.90 Å². The van der Waals surface area contributed by atoms with Crippen LogP contribution in [-0.4, -0.2) is 36.1 Å². The Morgan fingerprint density at radius 1 is 1.05 bits per heavy atom. The maximum Gasteiger partial charge on any atom is 0.123 e. The van der Waals surface area contributed by atoms with Crippen LogP contribution in [0.3, 0.4) is 0 Å². The van der Waals surface area contributed by atoms with Crippen LogP contribution in [0.2, 0.25) is 0 Å². The first kappa shape index (κ1) is 14.5. The zero-order chi connectivity index (χ0) is 14.7. The SMILES string of the molecule is Fc1ccc(N2CCN(Cc3cncc(Br)c3)CC2)cc1. The van der Waals surface area contributed by atoms with Gasteiger partial charge in [0.2, 0.25) is 0 Å². The summed E-state index contributed by atoms with van der Waals surface area (Å²) in [6, 6.07) is 8.86. The highest BCUT2D eigenvalue weighted by Crippen LogP contribution is 2.18. The second kappa shape index (κ2) is 6.54. The van der Waals surface area contributed by atoms with Crippen molar-refractivity contribution in [2.75, 3.05) is 31.1 Å². The second-order valence-corrected chi connectivity index (χ2v) is 6.17. The van der Waals surface area contributed by atoms with Gasteiger partial charge in [0.05, 0.1) is 0 Å². The molecule has 3 nitrogen and oxygen atoms in total. The van der Waals surface area contributed by atoms with E-state index in [1.807, 2.05) is 18.3 Å². The van der Waals surface area contributed by atoms with Gasteiger partial charge in [-0.15, -0.1) is 0 Å². The Bertz CT molecular complexity index is 595. The van der Waals surface area contributed by atoms with E-state index in [-0.39, 0.29) is 5.82 Å². The van der Waals surface area contributed by atoms with Crippen LogP contribution in [0, 0.1) is 5.82 Å². The predicted molar refractivity (Wildman–Crippen MR) is 85.8 cm³/mol. The van der Waals surface area contributed by atoms with Crippen molar-refractivity contribution in [1.29, 1.82) is 0 Å². The van der Waals surface area contributed by atoms with Crippen LogP contribution < -0.4 is 4.90 Å². The molecule has 110 valence electrons. The van der Waals surface area contributed by atoms with Gasteiger partial charge >= 0.3 is 0 Å². The molecule has 2 heterocycles. The molecule has 1 aromatic carbocycles. The van der Waals surface area contributed by atoms with Crippen molar-refractivity contribution in [1.82, 2.24) is 9.88 Å². The van der Waals surface area contributed by atoms with Crippen LogP contribution in [0.15, 0.2) is 47.2 Å². The van der Waals surface area contributed by atoms with Crippen molar-refractivity contribution in [3.05, 3.63) is 58.6 Å². The zero-order valence-corrected chi connectivity index (χ0v) is 13.3. The molecule has 0 saturated carbocycles. The van der Waals surface area contributed by atoms with Crippen LogP contribution in [0.4, 0.5) is 10.1 Å². The number of hydrogen-bond donors (Lipinski definition) is 0. The molecule has 0 atom stereocenters. The van der Waals surface area contributed by atoms with Gasteiger partial charge in [-0.25, -0.2) is 4.39 Å². The number of piperazine rings is 1. The van der Waals surface area contributed by atoms with E-state index in [9.17, 15) is 4.39 Å². The molecule has 0 radical (unpaired) electrons. The highest BCUT2D eigenvalue weighted by molar-refractivity contribution is 9.10. The monoisotopic (exact) mass is 349 g/mol. The Hall–Kier alpha value is -1.46. The topological polar surface area (TPSA) is 19.4 Å². The van der Waals surface area contributed by atoms with Gasteiger partial charge in [-0.2, -0.15) is 0 Å². The number of nitrogens with zero attached hydrogens (tertiary/aromatic N) is 3. The fourth-order valence-electron chi connectivity index (χ4n) is 2.62. The molecule has 0 unspecified atom stereocenters. The average molecular weight is 350 g/mol. The van der Waals surface area contributed by atoms with Crippen LogP contribution in [0.5, 0.6) is 0 Å². The minimum Gasteiger partial charge on any atom is -0.369 e. The third-order valence-corrected chi connectivity index (χ3v) is 4.17. The molecule has 1 aliphatic rings. The summed E-state index contributed by atoms with van der Waals surface area (Å²) < 4.78 is 14.0. The van der Waals surface area contributed by atoms with E-state index in [4.69, 9.17) is 0 Å². The molecule has 5 heteroatoms. The van der Waals surface area contributed by atoms with Gasteiger partial charge in [0.15, 0.2) is 0 Å². The van der Waals surface area contributed by atoms with E-state index in [0.29, 0.717) is 0 Å². The largest absolute Gasteiger partial charge is 0.369 e. The van der Waals surface area contributed by atoms with Gasteiger partial charge in [-0.05, 0) is 51.8 Å². The van der Waals surface area contributed by atoms with Gasteiger partial charge in [-0.3, -0.25) is 9.88 Å². The fourth-order valence-corrected chi connectivity index (χ4v) is 3.03. The first-order chi connectivity index (χ1) is 10.2. The second-order valence-electron chi connectivity index (χ2n) is 5.25. The molecule has 1 fully saturated rings.